The summed E-state index contributed by atoms with van der Waals surface area (Å²) in [4.78, 5) is 12.2. The Hall–Kier alpha value is -1.58. The number of fused-ring (bicyclic) bond motifs is 1. The van der Waals surface area contributed by atoms with Crippen LogP contribution in [0.5, 0.6) is 0 Å². The fourth-order valence-corrected chi connectivity index (χ4v) is 3.16. The smallest absolute Gasteiger partial charge is 0.220 e. The fraction of sp³-hybridized carbons (Fsp3) is 0.389. The Morgan fingerprint density at radius 3 is 2.82 bits per heavy atom. The van der Waals surface area contributed by atoms with Crippen LogP contribution < -0.4 is 10.6 Å². The van der Waals surface area contributed by atoms with Crippen LogP contribution >= 0.6 is 12.4 Å². The van der Waals surface area contributed by atoms with Gasteiger partial charge in [0.15, 0.2) is 0 Å². The summed E-state index contributed by atoms with van der Waals surface area (Å²) >= 11 is 0. The lowest BCUT2D eigenvalue weighted by atomic mass is 9.99. The molecular formula is C18H23ClN2O. The van der Waals surface area contributed by atoms with Crippen LogP contribution in [0.15, 0.2) is 42.5 Å². The first-order valence-corrected chi connectivity index (χ1v) is 7.72. The van der Waals surface area contributed by atoms with Gasteiger partial charge in [0.25, 0.3) is 0 Å². The van der Waals surface area contributed by atoms with E-state index in [4.69, 9.17) is 0 Å². The maximum atomic E-state index is 12.2. The summed E-state index contributed by atoms with van der Waals surface area (Å²) < 4.78 is 0. The number of rotatable bonds is 4. The standard InChI is InChI=1S/C18H22N2O.ClH/c1-13(20-18(21)11-14-9-10-19-12-14)16-8-4-6-15-5-2-3-7-17(15)16;/h2-8,13-14,19H,9-12H2,1H3,(H,20,21);1H. The molecule has 2 aromatic carbocycles. The van der Waals surface area contributed by atoms with Gasteiger partial charge in [-0.15, -0.1) is 12.4 Å². The minimum Gasteiger partial charge on any atom is -0.350 e. The van der Waals surface area contributed by atoms with Crippen molar-refractivity contribution < 1.29 is 4.79 Å². The molecule has 0 bridgehead atoms. The van der Waals surface area contributed by atoms with Crippen LogP contribution in [0.4, 0.5) is 0 Å². The molecule has 1 amide bonds. The highest BCUT2D eigenvalue weighted by Gasteiger charge is 2.19. The van der Waals surface area contributed by atoms with Gasteiger partial charge < -0.3 is 10.6 Å². The number of halogens is 1. The van der Waals surface area contributed by atoms with Crippen molar-refractivity contribution in [3.05, 3.63) is 48.0 Å². The Labute approximate surface area is 137 Å². The van der Waals surface area contributed by atoms with Crippen LogP contribution in [-0.4, -0.2) is 19.0 Å². The summed E-state index contributed by atoms with van der Waals surface area (Å²) in [6, 6.07) is 14.6. The molecule has 2 unspecified atom stereocenters. The molecule has 0 aromatic heterocycles. The summed E-state index contributed by atoms with van der Waals surface area (Å²) in [5.41, 5.74) is 1.19. The van der Waals surface area contributed by atoms with Gasteiger partial charge in [-0.2, -0.15) is 0 Å². The Morgan fingerprint density at radius 1 is 1.27 bits per heavy atom. The number of benzene rings is 2. The van der Waals surface area contributed by atoms with Crippen molar-refractivity contribution in [3.8, 4) is 0 Å². The predicted octanol–water partition coefficient (Wildman–Crippen LogP) is 3.44. The first-order valence-electron chi connectivity index (χ1n) is 7.72. The van der Waals surface area contributed by atoms with E-state index in [0.29, 0.717) is 12.3 Å². The zero-order valence-corrected chi connectivity index (χ0v) is 13.7. The molecule has 118 valence electrons. The van der Waals surface area contributed by atoms with Crippen LogP contribution in [0, 0.1) is 5.92 Å². The van der Waals surface area contributed by atoms with Crippen LogP contribution in [-0.2, 0) is 4.79 Å². The molecule has 0 aliphatic carbocycles. The van der Waals surface area contributed by atoms with Crippen molar-refractivity contribution >= 4 is 29.1 Å². The van der Waals surface area contributed by atoms with E-state index in [-0.39, 0.29) is 24.4 Å². The van der Waals surface area contributed by atoms with Crippen LogP contribution in [0.3, 0.4) is 0 Å². The summed E-state index contributed by atoms with van der Waals surface area (Å²) in [7, 11) is 0. The summed E-state index contributed by atoms with van der Waals surface area (Å²) in [5, 5.41) is 8.89. The van der Waals surface area contributed by atoms with E-state index in [0.717, 1.165) is 19.5 Å². The van der Waals surface area contributed by atoms with Gasteiger partial charge in [0.05, 0.1) is 6.04 Å². The normalized spacial score (nSPS) is 18.7. The van der Waals surface area contributed by atoms with Crippen molar-refractivity contribution in [1.82, 2.24) is 10.6 Å². The molecule has 1 heterocycles. The summed E-state index contributed by atoms with van der Waals surface area (Å²) in [6.45, 7) is 4.07. The van der Waals surface area contributed by atoms with E-state index in [1.54, 1.807) is 0 Å². The van der Waals surface area contributed by atoms with Crippen molar-refractivity contribution in [2.45, 2.75) is 25.8 Å². The molecule has 2 aromatic rings. The minimum atomic E-state index is 0. The molecule has 3 nitrogen and oxygen atoms in total. The zero-order valence-electron chi connectivity index (χ0n) is 12.8. The van der Waals surface area contributed by atoms with Gasteiger partial charge in [0, 0.05) is 6.42 Å². The third-order valence-corrected chi connectivity index (χ3v) is 4.30. The SMILES string of the molecule is CC(NC(=O)CC1CCNC1)c1cccc2ccccc12.Cl. The largest absolute Gasteiger partial charge is 0.350 e. The van der Waals surface area contributed by atoms with Crippen LogP contribution in [0.1, 0.15) is 31.4 Å². The lowest BCUT2D eigenvalue weighted by molar-refractivity contribution is -0.122. The summed E-state index contributed by atoms with van der Waals surface area (Å²) in [5.74, 6) is 0.647. The molecular weight excluding hydrogens is 296 g/mol. The second-order valence-corrected chi connectivity index (χ2v) is 5.92. The second-order valence-electron chi connectivity index (χ2n) is 5.92. The van der Waals surface area contributed by atoms with E-state index in [1.807, 2.05) is 12.1 Å². The number of nitrogens with one attached hydrogen (secondary N) is 2. The zero-order chi connectivity index (χ0) is 14.7. The van der Waals surface area contributed by atoms with Gasteiger partial charge in [-0.25, -0.2) is 0 Å². The van der Waals surface area contributed by atoms with Gasteiger partial charge in [-0.05, 0) is 48.7 Å². The molecule has 0 saturated carbocycles. The molecule has 1 saturated heterocycles. The monoisotopic (exact) mass is 318 g/mol. The van der Waals surface area contributed by atoms with E-state index in [2.05, 4.69) is 47.9 Å². The number of carbonyl (C=O) groups excluding carboxylic acids is 1. The first-order chi connectivity index (χ1) is 10.2. The lowest BCUT2D eigenvalue weighted by Gasteiger charge is -2.18. The van der Waals surface area contributed by atoms with Crippen molar-refractivity contribution in [3.63, 3.8) is 0 Å². The highest BCUT2D eigenvalue weighted by Crippen LogP contribution is 2.24. The first kappa shape index (κ1) is 16.8. The molecule has 1 aliphatic rings. The van der Waals surface area contributed by atoms with E-state index < -0.39 is 0 Å². The second kappa shape index (κ2) is 7.61. The molecule has 2 N–H and O–H groups in total. The Morgan fingerprint density at radius 2 is 2.05 bits per heavy atom. The van der Waals surface area contributed by atoms with Crippen molar-refractivity contribution in [2.24, 2.45) is 5.92 Å². The number of hydrogen-bond acceptors (Lipinski definition) is 2. The Kier molecular flexibility index (Phi) is 5.81. The van der Waals surface area contributed by atoms with Crippen LogP contribution in [0.2, 0.25) is 0 Å². The van der Waals surface area contributed by atoms with Gasteiger partial charge in [-0.3, -0.25) is 4.79 Å². The topological polar surface area (TPSA) is 41.1 Å². The van der Waals surface area contributed by atoms with Crippen molar-refractivity contribution in [1.29, 1.82) is 0 Å². The third kappa shape index (κ3) is 3.79. The molecule has 1 aliphatic heterocycles. The maximum absolute atomic E-state index is 12.2. The highest BCUT2D eigenvalue weighted by atomic mass is 35.5. The van der Waals surface area contributed by atoms with E-state index >= 15 is 0 Å². The number of amides is 1. The summed E-state index contributed by atoms with van der Waals surface area (Å²) in [6.07, 6.45) is 1.73. The number of carbonyl (C=O) groups is 1. The Balaban J connectivity index is 0.00000176. The highest BCUT2D eigenvalue weighted by molar-refractivity contribution is 5.87. The lowest BCUT2D eigenvalue weighted by Crippen LogP contribution is -2.29. The van der Waals surface area contributed by atoms with Gasteiger partial charge in [0.1, 0.15) is 0 Å². The number of hydrogen-bond donors (Lipinski definition) is 2. The molecule has 3 rings (SSSR count). The minimum absolute atomic E-state index is 0. The van der Waals surface area contributed by atoms with E-state index in [1.165, 1.54) is 16.3 Å². The molecule has 2 atom stereocenters. The average Bonchev–Trinajstić information content (AvgIpc) is 2.99. The molecule has 0 spiro atoms. The molecule has 0 radical (unpaired) electrons. The molecule has 4 heteroatoms. The van der Waals surface area contributed by atoms with Gasteiger partial charge in [0.2, 0.25) is 5.91 Å². The predicted molar refractivity (Wildman–Crippen MR) is 93.3 cm³/mol. The van der Waals surface area contributed by atoms with Gasteiger partial charge >= 0.3 is 0 Å². The van der Waals surface area contributed by atoms with Crippen molar-refractivity contribution in [2.75, 3.05) is 13.1 Å². The van der Waals surface area contributed by atoms with E-state index in [9.17, 15) is 4.79 Å². The average molecular weight is 319 g/mol. The fourth-order valence-electron chi connectivity index (χ4n) is 3.16. The van der Waals surface area contributed by atoms with Crippen LogP contribution in [0.25, 0.3) is 10.8 Å². The Bertz CT molecular complexity index is 633. The third-order valence-electron chi connectivity index (χ3n) is 4.30. The quantitative estimate of drug-likeness (QED) is 0.906. The molecule has 22 heavy (non-hydrogen) atoms. The molecule has 1 fully saturated rings. The van der Waals surface area contributed by atoms with Gasteiger partial charge in [-0.1, -0.05) is 42.5 Å². The maximum Gasteiger partial charge on any atom is 0.220 e.